The minimum atomic E-state index is -3.69. The number of hydrogen-bond acceptors (Lipinski definition) is 4. The molecular formula is C29H26BrN3O4S. The Morgan fingerprint density at radius 2 is 1.74 bits per heavy atom. The van der Waals surface area contributed by atoms with Crippen molar-refractivity contribution in [2.24, 2.45) is 0 Å². The van der Waals surface area contributed by atoms with E-state index in [1.165, 1.54) is 4.31 Å². The lowest BCUT2D eigenvalue weighted by Crippen LogP contribution is -2.40. The van der Waals surface area contributed by atoms with Crippen LogP contribution in [0.4, 0.5) is 5.69 Å². The molecule has 3 heterocycles. The van der Waals surface area contributed by atoms with E-state index >= 15 is 0 Å². The van der Waals surface area contributed by atoms with Crippen molar-refractivity contribution in [3.63, 3.8) is 0 Å². The van der Waals surface area contributed by atoms with Crippen LogP contribution in [0.15, 0.2) is 82.3 Å². The first-order valence-electron chi connectivity index (χ1n) is 12.4. The fourth-order valence-electron chi connectivity index (χ4n) is 5.13. The molecule has 2 aliphatic rings. The molecule has 0 bridgehead atoms. The van der Waals surface area contributed by atoms with Crippen molar-refractivity contribution in [3.05, 3.63) is 94.1 Å². The van der Waals surface area contributed by atoms with Gasteiger partial charge in [-0.05, 0) is 48.0 Å². The van der Waals surface area contributed by atoms with E-state index in [9.17, 15) is 13.2 Å². The highest BCUT2D eigenvalue weighted by Crippen LogP contribution is 2.39. The molecule has 1 saturated heterocycles. The summed E-state index contributed by atoms with van der Waals surface area (Å²) in [6.07, 6.45) is 3.94. The molecule has 0 saturated carbocycles. The van der Waals surface area contributed by atoms with Crippen molar-refractivity contribution in [1.82, 2.24) is 8.87 Å². The van der Waals surface area contributed by atoms with Crippen LogP contribution in [0.1, 0.15) is 16.7 Å². The van der Waals surface area contributed by atoms with Crippen LogP contribution < -0.4 is 4.90 Å². The molecular weight excluding hydrogens is 566 g/mol. The molecule has 3 aromatic carbocycles. The minimum Gasteiger partial charge on any atom is -0.379 e. The fourth-order valence-corrected chi connectivity index (χ4v) is 6.83. The number of likely N-dealkylation sites (N-methyl/N-ethyl adjacent to an activating group) is 1. The van der Waals surface area contributed by atoms with Crippen molar-refractivity contribution >= 4 is 60.1 Å². The van der Waals surface area contributed by atoms with Gasteiger partial charge < -0.3 is 14.2 Å². The molecule has 0 aliphatic carbocycles. The number of rotatable bonds is 5. The van der Waals surface area contributed by atoms with Gasteiger partial charge in [-0.2, -0.15) is 4.31 Å². The molecule has 0 spiro atoms. The lowest BCUT2D eigenvalue weighted by atomic mass is 10.0. The fraction of sp³-hybridized carbons (Fsp3) is 0.207. The van der Waals surface area contributed by atoms with Crippen LogP contribution in [-0.2, 0) is 26.1 Å². The number of ether oxygens (including phenoxy) is 1. The number of anilines is 1. The lowest BCUT2D eigenvalue weighted by molar-refractivity contribution is -0.112. The Balaban J connectivity index is 1.43. The van der Waals surface area contributed by atoms with Crippen LogP contribution in [0.5, 0.6) is 0 Å². The highest BCUT2D eigenvalue weighted by Gasteiger charge is 2.33. The quantitative estimate of drug-likeness (QED) is 0.307. The van der Waals surface area contributed by atoms with Crippen molar-refractivity contribution in [3.8, 4) is 0 Å². The van der Waals surface area contributed by atoms with Crippen molar-refractivity contribution in [1.29, 1.82) is 0 Å². The Hall–Kier alpha value is -3.24. The van der Waals surface area contributed by atoms with Crippen LogP contribution >= 0.6 is 15.9 Å². The highest BCUT2D eigenvalue weighted by molar-refractivity contribution is 9.10. The molecule has 4 aromatic rings. The highest BCUT2D eigenvalue weighted by atomic mass is 79.9. The molecule has 2 aliphatic heterocycles. The summed E-state index contributed by atoms with van der Waals surface area (Å²) in [5.41, 5.74) is 4.92. The van der Waals surface area contributed by atoms with Gasteiger partial charge in [0.25, 0.3) is 5.91 Å². The molecule has 38 heavy (non-hydrogen) atoms. The number of nitrogens with zero attached hydrogens (tertiary/aromatic N) is 3. The van der Waals surface area contributed by atoms with Gasteiger partial charge in [-0.1, -0.05) is 46.3 Å². The first-order valence-corrected chi connectivity index (χ1v) is 14.6. The molecule has 0 unspecified atom stereocenters. The van der Waals surface area contributed by atoms with Gasteiger partial charge in [-0.3, -0.25) is 4.79 Å². The number of carbonyl (C=O) groups is 1. The lowest BCUT2D eigenvalue weighted by Gasteiger charge is -2.26. The molecule has 0 N–H and O–H groups in total. The summed E-state index contributed by atoms with van der Waals surface area (Å²) in [4.78, 5) is 15.1. The molecule has 7 nitrogen and oxygen atoms in total. The third-order valence-electron chi connectivity index (χ3n) is 7.15. The Morgan fingerprint density at radius 1 is 1.00 bits per heavy atom. The first-order chi connectivity index (χ1) is 18.3. The number of halogens is 1. The average molecular weight is 593 g/mol. The first kappa shape index (κ1) is 25.1. The summed E-state index contributed by atoms with van der Waals surface area (Å²) in [5, 5.41) is 1.03. The SMILES string of the molecule is CN1C(=O)/C(=C\c2cn(Cc3ccc(Br)cc3)c3ccccc23)c2cc(S(=O)(=O)N3CCOCC3)ccc21. The summed E-state index contributed by atoms with van der Waals surface area (Å²) in [7, 11) is -1.98. The van der Waals surface area contributed by atoms with Gasteiger partial charge in [0, 0.05) is 65.0 Å². The zero-order valence-corrected chi connectivity index (χ0v) is 23.2. The van der Waals surface area contributed by atoms with Gasteiger partial charge in [-0.25, -0.2) is 8.42 Å². The summed E-state index contributed by atoms with van der Waals surface area (Å²) in [5.74, 6) is -0.161. The maximum atomic E-state index is 13.4. The van der Waals surface area contributed by atoms with Gasteiger partial charge >= 0.3 is 0 Å². The summed E-state index contributed by atoms with van der Waals surface area (Å²) >= 11 is 3.49. The Kier molecular flexibility index (Phi) is 6.47. The second-order valence-corrected chi connectivity index (χ2v) is 12.3. The summed E-state index contributed by atoms with van der Waals surface area (Å²) in [6.45, 7) is 2.07. The van der Waals surface area contributed by atoms with E-state index in [0.717, 1.165) is 26.5 Å². The Labute approximate surface area is 230 Å². The summed E-state index contributed by atoms with van der Waals surface area (Å²) in [6, 6.07) is 21.3. The number of sulfonamides is 1. The van der Waals surface area contributed by atoms with E-state index in [2.05, 4.69) is 44.9 Å². The second kappa shape index (κ2) is 9.81. The summed E-state index contributed by atoms with van der Waals surface area (Å²) < 4.78 is 36.6. The normalized spacial score (nSPS) is 17.5. The number of carbonyl (C=O) groups excluding carboxylic acids is 1. The second-order valence-electron chi connectivity index (χ2n) is 9.47. The molecule has 1 aromatic heterocycles. The largest absolute Gasteiger partial charge is 0.379 e. The number of benzene rings is 3. The maximum absolute atomic E-state index is 13.4. The number of para-hydroxylation sites is 1. The van der Waals surface area contributed by atoms with Crippen LogP contribution in [0, 0.1) is 0 Å². The van der Waals surface area contributed by atoms with Gasteiger partial charge in [0.15, 0.2) is 0 Å². The molecule has 0 radical (unpaired) electrons. The Bertz CT molecular complexity index is 1690. The van der Waals surface area contributed by atoms with Gasteiger partial charge in [0.1, 0.15) is 0 Å². The molecule has 1 amide bonds. The number of amides is 1. The third-order valence-corrected chi connectivity index (χ3v) is 9.57. The molecule has 0 atom stereocenters. The van der Waals surface area contributed by atoms with E-state index in [0.29, 0.717) is 49.7 Å². The molecule has 6 rings (SSSR count). The average Bonchev–Trinajstić information content (AvgIpc) is 3.40. The number of fused-ring (bicyclic) bond motifs is 2. The predicted octanol–water partition coefficient (Wildman–Crippen LogP) is 4.99. The van der Waals surface area contributed by atoms with Crippen LogP contribution in [0.25, 0.3) is 22.6 Å². The number of hydrogen-bond donors (Lipinski definition) is 0. The van der Waals surface area contributed by atoms with Gasteiger partial charge in [-0.15, -0.1) is 0 Å². The molecule has 1 fully saturated rings. The van der Waals surface area contributed by atoms with Crippen molar-refractivity contribution in [2.75, 3.05) is 38.3 Å². The number of aromatic nitrogens is 1. The zero-order valence-electron chi connectivity index (χ0n) is 20.8. The van der Waals surface area contributed by atoms with E-state index in [1.54, 1.807) is 30.1 Å². The minimum absolute atomic E-state index is 0.161. The van der Waals surface area contributed by atoms with E-state index in [4.69, 9.17) is 4.74 Å². The predicted molar refractivity (Wildman–Crippen MR) is 152 cm³/mol. The van der Waals surface area contributed by atoms with E-state index in [1.807, 2.05) is 36.4 Å². The van der Waals surface area contributed by atoms with E-state index < -0.39 is 10.0 Å². The smallest absolute Gasteiger partial charge is 0.258 e. The maximum Gasteiger partial charge on any atom is 0.258 e. The standard InChI is InChI=1S/C29H26BrN3O4S/c1-31-27-11-10-23(38(35,36)33-12-14-37-15-13-33)17-25(27)26(29(31)34)16-21-19-32(28-5-3-2-4-24(21)28)18-20-6-8-22(30)9-7-20/h2-11,16-17,19H,12-15,18H2,1H3/b26-16-. The van der Waals surface area contributed by atoms with Crippen molar-refractivity contribution in [2.45, 2.75) is 11.4 Å². The third kappa shape index (κ3) is 4.39. The van der Waals surface area contributed by atoms with Crippen LogP contribution in [0.2, 0.25) is 0 Å². The topological polar surface area (TPSA) is 71.9 Å². The van der Waals surface area contributed by atoms with Crippen LogP contribution in [0.3, 0.4) is 0 Å². The number of morpholine rings is 1. The molecule has 9 heteroatoms. The van der Waals surface area contributed by atoms with Gasteiger partial charge in [0.05, 0.1) is 23.8 Å². The molecule has 194 valence electrons. The van der Waals surface area contributed by atoms with Gasteiger partial charge in [0.2, 0.25) is 10.0 Å². The Morgan fingerprint density at radius 3 is 2.50 bits per heavy atom. The monoisotopic (exact) mass is 591 g/mol. The zero-order chi connectivity index (χ0) is 26.4. The van der Waals surface area contributed by atoms with Crippen molar-refractivity contribution < 1.29 is 17.9 Å². The van der Waals surface area contributed by atoms with E-state index in [-0.39, 0.29) is 10.8 Å². The van der Waals surface area contributed by atoms with Crippen LogP contribution in [-0.4, -0.2) is 56.5 Å².